The van der Waals surface area contributed by atoms with Crippen molar-refractivity contribution in [3.05, 3.63) is 34.9 Å². The van der Waals surface area contributed by atoms with E-state index in [1.54, 1.807) is 26.8 Å². The van der Waals surface area contributed by atoms with Gasteiger partial charge in [0.25, 0.3) is 0 Å². The van der Waals surface area contributed by atoms with E-state index < -0.39 is 11.7 Å². The lowest BCUT2D eigenvalue weighted by molar-refractivity contribution is -0.132. The van der Waals surface area contributed by atoms with E-state index in [-0.39, 0.29) is 18.4 Å². The van der Waals surface area contributed by atoms with E-state index in [2.05, 4.69) is 10.6 Å². The number of rotatable bonds is 6. The summed E-state index contributed by atoms with van der Waals surface area (Å²) in [6.45, 7) is 7.03. The molecule has 0 saturated carbocycles. The van der Waals surface area contributed by atoms with E-state index >= 15 is 0 Å². The molecule has 1 aromatic carbocycles. The van der Waals surface area contributed by atoms with Crippen LogP contribution in [0.25, 0.3) is 0 Å². The van der Waals surface area contributed by atoms with E-state index in [1.807, 2.05) is 23.1 Å². The summed E-state index contributed by atoms with van der Waals surface area (Å²) >= 11 is 6.13. The maximum absolute atomic E-state index is 12.5. The molecule has 29 heavy (non-hydrogen) atoms. The Morgan fingerprint density at radius 1 is 1.14 bits per heavy atom. The van der Waals surface area contributed by atoms with Gasteiger partial charge in [-0.25, -0.2) is 4.79 Å². The molecule has 2 N–H and O–H groups in total. The van der Waals surface area contributed by atoms with Crippen molar-refractivity contribution < 1.29 is 19.1 Å². The van der Waals surface area contributed by atoms with E-state index in [0.717, 1.165) is 18.4 Å². The number of nitrogens with zero attached hydrogens (tertiary/aromatic N) is 1. The first-order chi connectivity index (χ1) is 13.6. The molecule has 1 heterocycles. The van der Waals surface area contributed by atoms with Gasteiger partial charge in [0.2, 0.25) is 11.8 Å². The van der Waals surface area contributed by atoms with Crippen LogP contribution in [0.5, 0.6) is 0 Å². The zero-order valence-electron chi connectivity index (χ0n) is 17.3. The number of hydrogen-bond donors (Lipinski definition) is 2. The summed E-state index contributed by atoms with van der Waals surface area (Å²) in [6.07, 6.45) is 1.34. The number of halogens is 1. The van der Waals surface area contributed by atoms with Crippen LogP contribution in [0.3, 0.4) is 0 Å². The maximum Gasteiger partial charge on any atom is 0.408 e. The van der Waals surface area contributed by atoms with Crippen LogP contribution >= 0.6 is 11.6 Å². The van der Waals surface area contributed by atoms with Gasteiger partial charge >= 0.3 is 6.09 Å². The molecule has 2 rings (SSSR count). The second kappa shape index (κ2) is 10.5. The summed E-state index contributed by atoms with van der Waals surface area (Å²) in [6, 6.07) is 7.38. The minimum atomic E-state index is -0.613. The van der Waals surface area contributed by atoms with Crippen LogP contribution in [-0.2, 0) is 20.7 Å². The van der Waals surface area contributed by atoms with Crippen molar-refractivity contribution in [2.75, 3.05) is 26.2 Å². The lowest BCUT2D eigenvalue weighted by atomic mass is 9.96. The van der Waals surface area contributed by atoms with Gasteiger partial charge < -0.3 is 20.3 Å². The average molecular weight is 424 g/mol. The largest absolute Gasteiger partial charge is 0.444 e. The quantitative estimate of drug-likeness (QED) is 0.736. The minimum absolute atomic E-state index is 0.0714. The highest BCUT2D eigenvalue weighted by Crippen LogP contribution is 2.20. The topological polar surface area (TPSA) is 87.7 Å². The Kier molecular flexibility index (Phi) is 8.32. The van der Waals surface area contributed by atoms with Crippen molar-refractivity contribution in [3.63, 3.8) is 0 Å². The van der Waals surface area contributed by atoms with Gasteiger partial charge in [0, 0.05) is 24.7 Å². The number of piperidine rings is 1. The predicted octanol–water partition coefficient (Wildman–Crippen LogP) is 2.76. The molecule has 0 radical (unpaired) electrons. The molecule has 1 fully saturated rings. The Bertz CT molecular complexity index is 725. The smallest absolute Gasteiger partial charge is 0.408 e. The van der Waals surface area contributed by atoms with Crippen molar-refractivity contribution in [2.45, 2.75) is 45.6 Å². The van der Waals surface area contributed by atoms with Crippen LogP contribution in [0.2, 0.25) is 5.02 Å². The van der Waals surface area contributed by atoms with Crippen LogP contribution in [0, 0.1) is 5.92 Å². The van der Waals surface area contributed by atoms with Crippen LogP contribution in [-0.4, -0.2) is 54.6 Å². The van der Waals surface area contributed by atoms with Crippen molar-refractivity contribution >= 4 is 29.5 Å². The van der Waals surface area contributed by atoms with Gasteiger partial charge in [-0.2, -0.15) is 0 Å². The van der Waals surface area contributed by atoms with Crippen molar-refractivity contribution in [1.29, 1.82) is 0 Å². The molecule has 1 aliphatic heterocycles. The first-order valence-corrected chi connectivity index (χ1v) is 10.3. The van der Waals surface area contributed by atoms with Crippen LogP contribution in [0.15, 0.2) is 24.3 Å². The third-order valence-electron chi connectivity index (χ3n) is 4.65. The van der Waals surface area contributed by atoms with E-state index in [1.165, 1.54) is 0 Å². The SMILES string of the molecule is CC(C)(C)OC(=O)NCC(=O)NCC1CCN(C(=O)Cc2ccccc2Cl)CC1. The van der Waals surface area contributed by atoms with Crippen molar-refractivity contribution in [2.24, 2.45) is 5.92 Å². The number of ether oxygens (including phenoxy) is 1. The van der Waals surface area contributed by atoms with Gasteiger partial charge in [-0.05, 0) is 51.2 Å². The second-order valence-corrected chi connectivity index (χ2v) is 8.66. The molecule has 8 heteroatoms. The Balaban J connectivity index is 1.65. The van der Waals surface area contributed by atoms with Gasteiger partial charge in [-0.3, -0.25) is 9.59 Å². The monoisotopic (exact) mass is 423 g/mol. The van der Waals surface area contributed by atoms with Gasteiger partial charge in [-0.1, -0.05) is 29.8 Å². The number of hydrogen-bond acceptors (Lipinski definition) is 4. The minimum Gasteiger partial charge on any atom is -0.444 e. The normalized spacial score (nSPS) is 15.0. The molecular weight excluding hydrogens is 394 g/mol. The predicted molar refractivity (Wildman–Crippen MR) is 112 cm³/mol. The van der Waals surface area contributed by atoms with E-state index in [9.17, 15) is 14.4 Å². The van der Waals surface area contributed by atoms with Crippen LogP contribution in [0.4, 0.5) is 4.79 Å². The highest BCUT2D eigenvalue weighted by molar-refractivity contribution is 6.31. The zero-order chi connectivity index (χ0) is 21.4. The van der Waals surface area contributed by atoms with Crippen molar-refractivity contribution in [1.82, 2.24) is 15.5 Å². The molecule has 1 aliphatic rings. The zero-order valence-corrected chi connectivity index (χ0v) is 18.1. The summed E-state index contributed by atoms with van der Waals surface area (Å²) < 4.78 is 5.09. The van der Waals surface area contributed by atoms with Crippen molar-refractivity contribution in [3.8, 4) is 0 Å². The standard InChI is InChI=1S/C21H30ClN3O4/c1-21(2,3)29-20(28)24-14-18(26)23-13-15-8-10-25(11-9-15)19(27)12-16-6-4-5-7-17(16)22/h4-7,15H,8-14H2,1-3H3,(H,23,26)(H,24,28). The molecule has 3 amide bonds. The van der Waals surface area contributed by atoms with Gasteiger partial charge in [0.1, 0.15) is 5.60 Å². The Hall–Kier alpha value is -2.28. The van der Waals surface area contributed by atoms with E-state index in [0.29, 0.717) is 37.0 Å². The second-order valence-electron chi connectivity index (χ2n) is 8.25. The Morgan fingerprint density at radius 3 is 2.41 bits per heavy atom. The number of nitrogens with one attached hydrogen (secondary N) is 2. The van der Waals surface area contributed by atoms with Gasteiger partial charge in [0.15, 0.2) is 0 Å². The lowest BCUT2D eigenvalue weighted by Crippen LogP contribution is -2.44. The molecule has 0 atom stereocenters. The molecule has 1 aromatic rings. The summed E-state index contributed by atoms with van der Waals surface area (Å²) in [5, 5.41) is 5.88. The molecule has 0 aliphatic carbocycles. The van der Waals surface area contributed by atoms with Crippen LogP contribution in [0.1, 0.15) is 39.2 Å². The molecule has 1 saturated heterocycles. The lowest BCUT2D eigenvalue weighted by Gasteiger charge is -2.32. The third kappa shape index (κ3) is 8.31. The first-order valence-electron chi connectivity index (χ1n) is 9.89. The fraction of sp³-hybridized carbons (Fsp3) is 0.571. The third-order valence-corrected chi connectivity index (χ3v) is 5.02. The fourth-order valence-electron chi connectivity index (χ4n) is 3.09. The Morgan fingerprint density at radius 2 is 1.79 bits per heavy atom. The average Bonchev–Trinajstić information content (AvgIpc) is 2.65. The molecular formula is C21H30ClN3O4. The number of likely N-dealkylation sites (tertiary alicyclic amines) is 1. The van der Waals surface area contributed by atoms with Gasteiger partial charge in [0.05, 0.1) is 13.0 Å². The number of carbonyl (C=O) groups excluding carboxylic acids is 3. The number of carbonyl (C=O) groups is 3. The summed E-state index contributed by atoms with van der Waals surface area (Å²) in [5.74, 6) is 0.125. The maximum atomic E-state index is 12.5. The Labute approximate surface area is 177 Å². The molecule has 0 unspecified atom stereocenters. The van der Waals surface area contributed by atoms with Gasteiger partial charge in [-0.15, -0.1) is 0 Å². The summed E-state index contributed by atoms with van der Waals surface area (Å²) in [4.78, 5) is 37.8. The number of alkyl carbamates (subject to hydrolysis) is 1. The first kappa shape index (κ1) is 23.0. The molecule has 0 spiro atoms. The molecule has 0 bridgehead atoms. The molecule has 0 aromatic heterocycles. The highest BCUT2D eigenvalue weighted by Gasteiger charge is 2.24. The van der Waals surface area contributed by atoms with E-state index in [4.69, 9.17) is 16.3 Å². The number of benzene rings is 1. The number of amides is 3. The summed E-state index contributed by atoms with van der Waals surface area (Å²) in [7, 11) is 0. The van der Waals surface area contributed by atoms with Crippen LogP contribution < -0.4 is 10.6 Å². The summed E-state index contributed by atoms with van der Waals surface area (Å²) in [5.41, 5.74) is 0.240. The molecule has 160 valence electrons. The highest BCUT2D eigenvalue weighted by atomic mass is 35.5. The molecule has 7 nitrogen and oxygen atoms in total. The fourth-order valence-corrected chi connectivity index (χ4v) is 3.29.